The summed E-state index contributed by atoms with van der Waals surface area (Å²) >= 11 is 0. The molecule has 1 N–H and O–H groups in total. The smallest absolute Gasteiger partial charge is 0.246 e. The third-order valence-electron chi connectivity index (χ3n) is 8.34. The third kappa shape index (κ3) is 6.28. The zero-order valence-corrected chi connectivity index (χ0v) is 23.0. The zero-order chi connectivity index (χ0) is 24.8. The lowest BCUT2D eigenvalue weighted by molar-refractivity contribution is -0.162. The first-order chi connectivity index (χ1) is 17.0. The highest BCUT2D eigenvalue weighted by Crippen LogP contribution is 2.36. The fourth-order valence-electron chi connectivity index (χ4n) is 6.23. The van der Waals surface area contributed by atoms with Gasteiger partial charge in [-0.1, -0.05) is 45.4 Å². The van der Waals surface area contributed by atoms with Crippen LogP contribution in [-0.4, -0.2) is 67.0 Å². The van der Waals surface area contributed by atoms with E-state index in [9.17, 15) is 9.59 Å². The van der Waals surface area contributed by atoms with E-state index in [1.165, 1.54) is 32.1 Å². The highest BCUT2D eigenvalue weighted by Gasteiger charge is 2.53. The van der Waals surface area contributed by atoms with Crippen molar-refractivity contribution in [1.82, 2.24) is 15.1 Å². The van der Waals surface area contributed by atoms with Crippen molar-refractivity contribution in [2.24, 2.45) is 5.92 Å². The number of carbonyl (C=O) groups is 2. The molecule has 1 atom stereocenters. The minimum Gasteiger partial charge on any atom is -0.497 e. The molecular weight excluding hydrogens is 478 g/mol. The monoisotopic (exact) mass is 521 g/mol. The van der Waals surface area contributed by atoms with Gasteiger partial charge in [0.2, 0.25) is 11.8 Å². The number of nitrogens with one attached hydrogen (secondary N) is 1. The number of unbranched alkanes of at least 4 members (excludes halogenated alkanes) is 1. The Labute approximate surface area is 222 Å². The minimum absolute atomic E-state index is 0. The molecule has 2 saturated heterocycles. The number of nitrogens with zero attached hydrogens (tertiary/aromatic N) is 2. The molecule has 3 aliphatic rings. The predicted molar refractivity (Wildman–Crippen MR) is 144 cm³/mol. The molecule has 1 aromatic rings. The van der Waals surface area contributed by atoms with E-state index in [2.05, 4.69) is 17.1 Å². The molecule has 7 nitrogen and oxygen atoms in total. The number of hydrogen-bond acceptors (Lipinski definition) is 5. The number of rotatable bonds is 9. The molecule has 0 bridgehead atoms. The maximum Gasteiger partial charge on any atom is 0.246 e. The van der Waals surface area contributed by atoms with E-state index < -0.39 is 5.54 Å². The summed E-state index contributed by atoms with van der Waals surface area (Å²) in [4.78, 5) is 31.7. The highest BCUT2D eigenvalue weighted by atomic mass is 35.5. The second-order valence-corrected chi connectivity index (χ2v) is 10.6. The van der Waals surface area contributed by atoms with Crippen LogP contribution < -0.4 is 14.8 Å². The topological polar surface area (TPSA) is 71.1 Å². The Kier molecular flexibility index (Phi) is 10.3. The van der Waals surface area contributed by atoms with Crippen LogP contribution in [0.25, 0.3) is 0 Å². The van der Waals surface area contributed by atoms with Crippen LogP contribution in [0.3, 0.4) is 0 Å². The summed E-state index contributed by atoms with van der Waals surface area (Å²) in [6.07, 6.45) is 10.3. The molecule has 0 radical (unpaired) electrons. The quantitative estimate of drug-likeness (QED) is 0.516. The first kappa shape index (κ1) is 28.6. The van der Waals surface area contributed by atoms with Crippen molar-refractivity contribution in [2.75, 3.05) is 33.9 Å². The number of amides is 2. The molecule has 1 unspecified atom stereocenters. The molecule has 1 saturated carbocycles. The average Bonchev–Trinajstić information content (AvgIpc) is 2.89. The van der Waals surface area contributed by atoms with Crippen LogP contribution >= 0.6 is 12.4 Å². The van der Waals surface area contributed by atoms with E-state index in [1.807, 2.05) is 23.1 Å². The number of ether oxygens (including phenoxy) is 2. The van der Waals surface area contributed by atoms with Gasteiger partial charge in [-0.2, -0.15) is 0 Å². The molecule has 0 aromatic heterocycles. The lowest BCUT2D eigenvalue weighted by Crippen LogP contribution is -2.73. The highest BCUT2D eigenvalue weighted by molar-refractivity contribution is 6.00. The molecule has 1 aromatic carbocycles. The van der Waals surface area contributed by atoms with Crippen molar-refractivity contribution in [1.29, 1.82) is 0 Å². The van der Waals surface area contributed by atoms with Crippen molar-refractivity contribution in [3.8, 4) is 11.5 Å². The number of carbonyl (C=O) groups excluding carboxylic acids is 2. The van der Waals surface area contributed by atoms with Crippen LogP contribution in [0, 0.1) is 5.92 Å². The Balaban J connectivity index is 0.00000361. The minimum atomic E-state index is -0.710. The summed E-state index contributed by atoms with van der Waals surface area (Å²) < 4.78 is 10.8. The van der Waals surface area contributed by atoms with Gasteiger partial charge in [0, 0.05) is 32.2 Å². The van der Waals surface area contributed by atoms with Gasteiger partial charge in [-0.05, 0) is 49.3 Å². The molecule has 36 heavy (non-hydrogen) atoms. The number of hydrogen-bond donors (Lipinski definition) is 1. The van der Waals surface area contributed by atoms with Gasteiger partial charge in [0.05, 0.1) is 14.2 Å². The lowest BCUT2D eigenvalue weighted by atomic mass is 9.79. The number of halogens is 1. The van der Waals surface area contributed by atoms with Crippen molar-refractivity contribution in [3.63, 3.8) is 0 Å². The van der Waals surface area contributed by atoms with Gasteiger partial charge in [-0.3, -0.25) is 14.5 Å². The van der Waals surface area contributed by atoms with Gasteiger partial charge in [-0.15, -0.1) is 12.4 Å². The van der Waals surface area contributed by atoms with E-state index in [4.69, 9.17) is 9.47 Å². The van der Waals surface area contributed by atoms with Crippen molar-refractivity contribution in [3.05, 3.63) is 23.8 Å². The predicted octanol–water partition coefficient (Wildman–Crippen LogP) is 4.56. The summed E-state index contributed by atoms with van der Waals surface area (Å²) in [6, 6.07) is 5.60. The molecule has 202 valence electrons. The molecule has 2 aliphatic heterocycles. The second kappa shape index (κ2) is 13.0. The Morgan fingerprint density at radius 1 is 1.00 bits per heavy atom. The summed E-state index contributed by atoms with van der Waals surface area (Å²) in [7, 11) is 3.32. The fourth-order valence-corrected chi connectivity index (χ4v) is 6.23. The first-order valence-electron chi connectivity index (χ1n) is 13.6. The van der Waals surface area contributed by atoms with E-state index >= 15 is 0 Å². The van der Waals surface area contributed by atoms with Gasteiger partial charge >= 0.3 is 0 Å². The Morgan fingerprint density at radius 2 is 1.64 bits per heavy atom. The largest absolute Gasteiger partial charge is 0.497 e. The molecule has 8 heteroatoms. The van der Waals surface area contributed by atoms with Crippen molar-refractivity contribution < 1.29 is 19.1 Å². The summed E-state index contributed by atoms with van der Waals surface area (Å²) in [5, 5.41) is 3.19. The van der Waals surface area contributed by atoms with E-state index in [1.54, 1.807) is 14.2 Å². The third-order valence-corrected chi connectivity index (χ3v) is 8.34. The molecule has 3 fully saturated rings. The number of piperidine rings is 1. The van der Waals surface area contributed by atoms with E-state index in [0.29, 0.717) is 25.3 Å². The van der Waals surface area contributed by atoms with E-state index in [-0.39, 0.29) is 30.3 Å². The molecule has 2 amide bonds. The van der Waals surface area contributed by atoms with Gasteiger partial charge in [0.25, 0.3) is 0 Å². The van der Waals surface area contributed by atoms with Crippen LogP contribution in [0.4, 0.5) is 0 Å². The van der Waals surface area contributed by atoms with E-state index in [0.717, 1.165) is 56.0 Å². The molecule has 2 heterocycles. The molecule has 1 spiro atoms. The zero-order valence-electron chi connectivity index (χ0n) is 22.2. The lowest BCUT2D eigenvalue weighted by Gasteiger charge is -2.52. The van der Waals surface area contributed by atoms with Crippen molar-refractivity contribution >= 4 is 24.2 Å². The van der Waals surface area contributed by atoms with Crippen molar-refractivity contribution in [2.45, 2.75) is 89.3 Å². The standard InChI is InChI=1S/C28H43N3O4.ClH/c1-4-5-13-31-26(32)25(18-21-9-7-6-8-10-21)29-27(33)28(31)11-14-30(15-12-28)20-22-16-23(34-2)19-24(17-22)35-3;/h16-17,19,21,25H,4-15,18,20H2,1-3H3,(H,29,33);1H. The van der Waals surface area contributed by atoms with Gasteiger partial charge in [-0.25, -0.2) is 0 Å². The van der Waals surface area contributed by atoms with Crippen LogP contribution in [0.1, 0.15) is 76.7 Å². The normalized spacial score (nSPS) is 22.8. The summed E-state index contributed by atoms with van der Waals surface area (Å²) in [5.41, 5.74) is 0.412. The fraction of sp³-hybridized carbons (Fsp3) is 0.714. The molecule has 1 aliphatic carbocycles. The first-order valence-corrected chi connectivity index (χ1v) is 13.6. The van der Waals surface area contributed by atoms with Gasteiger partial charge < -0.3 is 19.7 Å². The second-order valence-electron chi connectivity index (χ2n) is 10.6. The Hall–Kier alpha value is -1.99. The Morgan fingerprint density at radius 3 is 2.22 bits per heavy atom. The maximum absolute atomic E-state index is 13.7. The van der Waals surface area contributed by atoms with Crippen LogP contribution in [0.15, 0.2) is 18.2 Å². The summed E-state index contributed by atoms with van der Waals surface area (Å²) in [6.45, 7) is 5.13. The Bertz CT molecular complexity index is 859. The van der Waals surface area contributed by atoms with Crippen LogP contribution in [0.2, 0.25) is 0 Å². The number of piperazine rings is 1. The number of benzene rings is 1. The SMILES string of the molecule is CCCCN1C(=O)C(CC2CCCCC2)NC(=O)C12CCN(Cc1cc(OC)cc(OC)c1)CC2.Cl. The summed E-state index contributed by atoms with van der Waals surface area (Å²) in [5.74, 6) is 2.33. The average molecular weight is 522 g/mol. The molecule has 4 rings (SSSR count). The van der Waals surface area contributed by atoms with Gasteiger partial charge in [0.15, 0.2) is 0 Å². The number of likely N-dealkylation sites (tertiary alicyclic amines) is 1. The molecular formula is C28H44ClN3O4. The van der Waals surface area contributed by atoms with Gasteiger partial charge in [0.1, 0.15) is 23.1 Å². The number of methoxy groups -OCH3 is 2. The van der Waals surface area contributed by atoms with Crippen LogP contribution in [-0.2, 0) is 16.1 Å². The van der Waals surface area contributed by atoms with Crippen LogP contribution in [0.5, 0.6) is 11.5 Å². The maximum atomic E-state index is 13.7.